The highest BCUT2D eigenvalue weighted by atomic mass is 19.2. The van der Waals surface area contributed by atoms with Crippen molar-refractivity contribution in [1.82, 2.24) is 5.32 Å². The summed E-state index contributed by atoms with van der Waals surface area (Å²) in [7, 11) is 0. The second-order valence-corrected chi connectivity index (χ2v) is 4.76. The van der Waals surface area contributed by atoms with Crippen molar-refractivity contribution in [2.75, 3.05) is 6.54 Å². The molecule has 1 aliphatic carbocycles. The number of hydrogen-bond acceptors (Lipinski definition) is 2. The molecule has 1 saturated carbocycles. The van der Waals surface area contributed by atoms with Gasteiger partial charge in [0.2, 0.25) is 0 Å². The van der Waals surface area contributed by atoms with Crippen molar-refractivity contribution in [2.45, 2.75) is 31.9 Å². The van der Waals surface area contributed by atoms with Crippen molar-refractivity contribution in [3.63, 3.8) is 0 Å². The Hall–Kier alpha value is -1.07. The molecule has 2 nitrogen and oxygen atoms in total. The Balaban J connectivity index is 1.87. The summed E-state index contributed by atoms with van der Waals surface area (Å²) in [4.78, 5) is 0. The molecule has 100 valence electrons. The van der Waals surface area contributed by atoms with Gasteiger partial charge in [0, 0.05) is 13.1 Å². The van der Waals surface area contributed by atoms with E-state index in [1.54, 1.807) is 0 Å². The predicted molar refractivity (Wildman–Crippen MR) is 61.4 cm³/mol. The number of aliphatic hydroxyl groups is 1. The second-order valence-electron chi connectivity index (χ2n) is 4.76. The average Bonchev–Trinajstić information content (AvgIpc) is 2.72. The van der Waals surface area contributed by atoms with Crippen molar-refractivity contribution >= 4 is 0 Å². The first kappa shape index (κ1) is 13.4. The summed E-state index contributed by atoms with van der Waals surface area (Å²) in [6, 6.07) is 1.97. The van der Waals surface area contributed by atoms with Gasteiger partial charge in [0.15, 0.2) is 17.5 Å². The van der Waals surface area contributed by atoms with Crippen LogP contribution in [0, 0.1) is 23.4 Å². The van der Waals surface area contributed by atoms with Crippen LogP contribution in [0.4, 0.5) is 13.2 Å². The van der Waals surface area contributed by atoms with Crippen LogP contribution < -0.4 is 5.32 Å². The Labute approximate surface area is 104 Å². The molecule has 0 heterocycles. The van der Waals surface area contributed by atoms with Crippen LogP contribution in [-0.4, -0.2) is 17.8 Å². The fourth-order valence-electron chi connectivity index (χ4n) is 2.37. The number of hydrogen-bond donors (Lipinski definition) is 2. The van der Waals surface area contributed by atoms with Gasteiger partial charge in [-0.15, -0.1) is 0 Å². The molecule has 1 aliphatic rings. The van der Waals surface area contributed by atoms with Gasteiger partial charge in [0.25, 0.3) is 0 Å². The summed E-state index contributed by atoms with van der Waals surface area (Å²) in [5.41, 5.74) is 0.360. The summed E-state index contributed by atoms with van der Waals surface area (Å²) >= 11 is 0. The molecule has 2 rings (SSSR count). The molecule has 0 saturated heterocycles. The zero-order chi connectivity index (χ0) is 13.1. The lowest BCUT2D eigenvalue weighted by Crippen LogP contribution is -2.27. The molecule has 2 unspecified atom stereocenters. The smallest absolute Gasteiger partial charge is 0.194 e. The van der Waals surface area contributed by atoms with E-state index in [2.05, 4.69) is 5.32 Å². The number of halogens is 3. The van der Waals surface area contributed by atoms with E-state index in [0.717, 1.165) is 31.4 Å². The van der Waals surface area contributed by atoms with Gasteiger partial charge >= 0.3 is 0 Å². The van der Waals surface area contributed by atoms with E-state index in [4.69, 9.17) is 0 Å². The van der Waals surface area contributed by atoms with Crippen molar-refractivity contribution in [3.05, 3.63) is 35.1 Å². The number of rotatable bonds is 4. The highest BCUT2D eigenvalue weighted by molar-refractivity contribution is 5.19. The van der Waals surface area contributed by atoms with Crippen LogP contribution in [0.5, 0.6) is 0 Å². The van der Waals surface area contributed by atoms with E-state index in [9.17, 15) is 18.3 Å². The molecule has 0 spiro atoms. The molecular weight excluding hydrogens is 243 g/mol. The maximum atomic E-state index is 12.9. The van der Waals surface area contributed by atoms with Crippen LogP contribution in [0.25, 0.3) is 0 Å². The first-order chi connectivity index (χ1) is 8.58. The second kappa shape index (κ2) is 5.71. The van der Waals surface area contributed by atoms with Gasteiger partial charge in [0.1, 0.15) is 0 Å². The molecule has 1 fully saturated rings. The SMILES string of the molecule is OC1CCCC1CNCc1cc(F)c(F)c(F)c1. The minimum Gasteiger partial charge on any atom is -0.393 e. The molecule has 0 radical (unpaired) electrons. The van der Waals surface area contributed by atoms with Crippen molar-refractivity contribution in [2.24, 2.45) is 5.92 Å². The molecule has 0 aromatic heterocycles. The quantitative estimate of drug-likeness (QED) is 0.814. The maximum absolute atomic E-state index is 12.9. The zero-order valence-corrected chi connectivity index (χ0v) is 9.93. The van der Waals surface area contributed by atoms with Crippen LogP contribution in [0.3, 0.4) is 0 Å². The molecule has 2 atom stereocenters. The summed E-state index contributed by atoms with van der Waals surface area (Å²) in [5.74, 6) is -3.59. The minimum absolute atomic E-state index is 0.195. The van der Waals surface area contributed by atoms with E-state index >= 15 is 0 Å². The highest BCUT2D eigenvalue weighted by Crippen LogP contribution is 2.24. The molecule has 5 heteroatoms. The maximum Gasteiger partial charge on any atom is 0.194 e. The van der Waals surface area contributed by atoms with E-state index in [-0.39, 0.29) is 18.6 Å². The van der Waals surface area contributed by atoms with E-state index in [0.29, 0.717) is 12.1 Å². The lowest BCUT2D eigenvalue weighted by atomic mass is 10.1. The Morgan fingerprint density at radius 2 is 1.83 bits per heavy atom. The minimum atomic E-state index is -1.44. The average molecular weight is 259 g/mol. The summed E-state index contributed by atoms with van der Waals surface area (Å²) in [6.45, 7) is 0.860. The lowest BCUT2D eigenvalue weighted by Gasteiger charge is -2.15. The Morgan fingerprint density at radius 1 is 1.17 bits per heavy atom. The highest BCUT2D eigenvalue weighted by Gasteiger charge is 2.24. The Bertz CT molecular complexity index is 402. The lowest BCUT2D eigenvalue weighted by molar-refractivity contribution is 0.131. The van der Waals surface area contributed by atoms with Crippen LogP contribution in [0.2, 0.25) is 0 Å². The summed E-state index contributed by atoms with van der Waals surface area (Å²) < 4.78 is 38.6. The molecule has 1 aromatic carbocycles. The molecule has 0 amide bonds. The van der Waals surface area contributed by atoms with Gasteiger partial charge in [0.05, 0.1) is 6.10 Å². The first-order valence-corrected chi connectivity index (χ1v) is 6.10. The monoisotopic (exact) mass is 259 g/mol. The van der Waals surface area contributed by atoms with Crippen LogP contribution in [0.15, 0.2) is 12.1 Å². The van der Waals surface area contributed by atoms with Gasteiger partial charge in [-0.25, -0.2) is 13.2 Å². The van der Waals surface area contributed by atoms with Gasteiger partial charge in [-0.2, -0.15) is 0 Å². The number of nitrogens with one attached hydrogen (secondary N) is 1. The molecule has 1 aromatic rings. The molecule has 0 aliphatic heterocycles. The molecule has 18 heavy (non-hydrogen) atoms. The fraction of sp³-hybridized carbons (Fsp3) is 0.538. The van der Waals surface area contributed by atoms with Gasteiger partial charge in [-0.05, 0) is 36.5 Å². The Kier molecular flexibility index (Phi) is 4.24. The van der Waals surface area contributed by atoms with Crippen LogP contribution in [0.1, 0.15) is 24.8 Å². The molecular formula is C13H16F3NO. The summed E-state index contributed by atoms with van der Waals surface area (Å²) in [6.07, 6.45) is 2.49. The van der Waals surface area contributed by atoms with Crippen molar-refractivity contribution in [1.29, 1.82) is 0 Å². The van der Waals surface area contributed by atoms with Crippen LogP contribution in [-0.2, 0) is 6.54 Å². The summed E-state index contributed by atoms with van der Waals surface area (Å²) in [5, 5.41) is 12.6. The van der Waals surface area contributed by atoms with E-state index < -0.39 is 17.5 Å². The normalized spacial score (nSPS) is 23.6. The van der Waals surface area contributed by atoms with E-state index in [1.807, 2.05) is 0 Å². The number of aliphatic hydroxyl groups excluding tert-OH is 1. The Morgan fingerprint density at radius 3 is 2.39 bits per heavy atom. The molecule has 2 N–H and O–H groups in total. The predicted octanol–water partition coefficient (Wildman–Crippen LogP) is 2.35. The standard InChI is InChI=1S/C13H16F3NO/c14-10-4-8(5-11(15)13(10)16)6-17-7-9-2-1-3-12(9)18/h4-5,9,12,17-18H,1-3,6-7H2. The van der Waals surface area contributed by atoms with Crippen LogP contribution >= 0.6 is 0 Å². The molecule has 0 bridgehead atoms. The van der Waals surface area contributed by atoms with Gasteiger partial charge in [-0.3, -0.25) is 0 Å². The third-order valence-corrected chi connectivity index (χ3v) is 3.40. The fourth-order valence-corrected chi connectivity index (χ4v) is 2.37. The third-order valence-electron chi connectivity index (χ3n) is 3.40. The van der Waals surface area contributed by atoms with E-state index in [1.165, 1.54) is 0 Å². The third kappa shape index (κ3) is 3.03. The first-order valence-electron chi connectivity index (χ1n) is 6.10. The van der Waals surface area contributed by atoms with Gasteiger partial charge in [-0.1, -0.05) is 6.42 Å². The van der Waals surface area contributed by atoms with Crippen molar-refractivity contribution < 1.29 is 18.3 Å². The van der Waals surface area contributed by atoms with Crippen molar-refractivity contribution in [3.8, 4) is 0 Å². The number of benzene rings is 1. The zero-order valence-electron chi connectivity index (χ0n) is 9.93. The van der Waals surface area contributed by atoms with Gasteiger partial charge < -0.3 is 10.4 Å². The topological polar surface area (TPSA) is 32.3 Å². The largest absolute Gasteiger partial charge is 0.393 e.